The molecule has 0 saturated carbocycles. The molecule has 0 radical (unpaired) electrons. The Morgan fingerprint density at radius 3 is 2.26 bits per heavy atom. The number of carbonyl (C=O) groups is 2. The van der Waals surface area contributed by atoms with Crippen LogP contribution >= 0.6 is 0 Å². The van der Waals surface area contributed by atoms with Crippen LogP contribution in [0.1, 0.15) is 20.9 Å². The Labute approximate surface area is 155 Å². The van der Waals surface area contributed by atoms with Crippen LogP contribution in [-0.4, -0.2) is 38.6 Å². The molecule has 3 aromatic rings. The van der Waals surface area contributed by atoms with Crippen molar-refractivity contribution in [3.63, 3.8) is 0 Å². The van der Waals surface area contributed by atoms with Gasteiger partial charge in [0.05, 0.1) is 4.90 Å². The minimum atomic E-state index is -3.59. The highest BCUT2D eigenvalue weighted by molar-refractivity contribution is 7.89. The van der Waals surface area contributed by atoms with Gasteiger partial charge in [0.1, 0.15) is 11.3 Å². The highest BCUT2D eigenvalue weighted by Gasteiger charge is 2.22. The summed E-state index contributed by atoms with van der Waals surface area (Å²) in [6, 6.07) is 12.3. The van der Waals surface area contributed by atoms with Crippen molar-refractivity contribution in [1.82, 2.24) is 4.31 Å². The van der Waals surface area contributed by atoms with Gasteiger partial charge in [0.15, 0.2) is 0 Å². The minimum Gasteiger partial charge on any atom is -0.449 e. The molecule has 2 aromatic carbocycles. The van der Waals surface area contributed by atoms with Crippen LogP contribution in [0.25, 0.3) is 11.0 Å². The molecule has 0 aliphatic carbocycles. The molecule has 8 nitrogen and oxygen atoms in total. The SMILES string of the molecule is CN(C)S(=O)(=O)c1ccc(C(=O)Nc2c(C(N)=O)oc3ccccc23)cc1. The van der Waals surface area contributed by atoms with Crippen molar-refractivity contribution in [3.8, 4) is 0 Å². The number of sulfonamides is 1. The molecule has 1 heterocycles. The summed E-state index contributed by atoms with van der Waals surface area (Å²) in [5, 5.41) is 3.15. The van der Waals surface area contributed by atoms with Crippen molar-refractivity contribution >= 4 is 38.5 Å². The van der Waals surface area contributed by atoms with Gasteiger partial charge in [0.25, 0.3) is 11.8 Å². The molecule has 140 valence electrons. The number of anilines is 1. The summed E-state index contributed by atoms with van der Waals surface area (Å²) < 4.78 is 30.7. The first-order valence-electron chi connectivity index (χ1n) is 7.87. The first-order chi connectivity index (χ1) is 12.7. The van der Waals surface area contributed by atoms with Crippen LogP contribution in [0.15, 0.2) is 57.8 Å². The van der Waals surface area contributed by atoms with Crippen LogP contribution in [0.4, 0.5) is 5.69 Å². The van der Waals surface area contributed by atoms with E-state index in [4.69, 9.17) is 10.2 Å². The molecule has 0 fully saturated rings. The molecule has 0 aliphatic rings. The van der Waals surface area contributed by atoms with Gasteiger partial charge >= 0.3 is 0 Å². The largest absolute Gasteiger partial charge is 0.449 e. The molecule has 0 aliphatic heterocycles. The monoisotopic (exact) mass is 387 g/mol. The molecule has 2 amide bonds. The average Bonchev–Trinajstić information content (AvgIpc) is 3.00. The summed E-state index contributed by atoms with van der Waals surface area (Å²) in [4.78, 5) is 24.3. The second-order valence-electron chi connectivity index (χ2n) is 5.93. The van der Waals surface area contributed by atoms with Gasteiger partial charge in [-0.15, -0.1) is 0 Å². The lowest BCUT2D eigenvalue weighted by Crippen LogP contribution is -2.22. The van der Waals surface area contributed by atoms with E-state index in [1.54, 1.807) is 24.3 Å². The third kappa shape index (κ3) is 3.42. The van der Waals surface area contributed by atoms with E-state index >= 15 is 0 Å². The Morgan fingerprint density at radius 2 is 1.67 bits per heavy atom. The molecular formula is C18H17N3O5S. The van der Waals surface area contributed by atoms with Gasteiger partial charge < -0.3 is 15.5 Å². The summed E-state index contributed by atoms with van der Waals surface area (Å²) in [6.45, 7) is 0. The van der Waals surface area contributed by atoms with Crippen molar-refractivity contribution in [2.45, 2.75) is 4.90 Å². The average molecular weight is 387 g/mol. The Kier molecular flexibility index (Phi) is 4.73. The van der Waals surface area contributed by atoms with Crippen LogP contribution in [0, 0.1) is 0 Å². The van der Waals surface area contributed by atoms with E-state index in [0.717, 1.165) is 4.31 Å². The maximum Gasteiger partial charge on any atom is 0.286 e. The number of nitrogens with one attached hydrogen (secondary N) is 1. The van der Waals surface area contributed by atoms with Gasteiger partial charge in [-0.3, -0.25) is 9.59 Å². The van der Waals surface area contributed by atoms with E-state index in [2.05, 4.69) is 5.32 Å². The quantitative estimate of drug-likeness (QED) is 0.693. The number of nitrogens with two attached hydrogens (primary N) is 1. The van der Waals surface area contributed by atoms with Gasteiger partial charge in [-0.2, -0.15) is 0 Å². The predicted molar refractivity (Wildman–Crippen MR) is 100.0 cm³/mol. The molecule has 0 bridgehead atoms. The number of furan rings is 1. The third-order valence-electron chi connectivity index (χ3n) is 3.95. The third-order valence-corrected chi connectivity index (χ3v) is 5.78. The van der Waals surface area contributed by atoms with Crippen LogP contribution in [0.5, 0.6) is 0 Å². The molecule has 3 N–H and O–H groups in total. The van der Waals surface area contributed by atoms with Gasteiger partial charge in [-0.25, -0.2) is 12.7 Å². The number of amides is 2. The summed E-state index contributed by atoms with van der Waals surface area (Å²) in [5.41, 5.74) is 6.13. The highest BCUT2D eigenvalue weighted by atomic mass is 32.2. The molecule has 0 atom stereocenters. The molecule has 0 spiro atoms. The zero-order valence-electron chi connectivity index (χ0n) is 14.6. The summed E-state index contributed by atoms with van der Waals surface area (Å²) in [5.74, 6) is -1.50. The lowest BCUT2D eigenvalue weighted by atomic mass is 10.2. The van der Waals surface area contributed by atoms with Crippen molar-refractivity contribution in [3.05, 3.63) is 59.9 Å². The standard InChI is InChI=1S/C18H17N3O5S/c1-21(2)27(24,25)12-9-7-11(8-10-12)18(23)20-15-13-5-3-4-6-14(13)26-16(15)17(19)22/h3-10H,1-2H3,(H2,19,22)(H,20,23). The lowest BCUT2D eigenvalue weighted by molar-refractivity contribution is 0.0977. The number of rotatable bonds is 5. The molecule has 27 heavy (non-hydrogen) atoms. The Morgan fingerprint density at radius 1 is 1.04 bits per heavy atom. The van der Waals surface area contributed by atoms with Crippen molar-refractivity contribution in [1.29, 1.82) is 0 Å². The van der Waals surface area contributed by atoms with Gasteiger partial charge in [-0.1, -0.05) is 12.1 Å². The number of para-hydroxylation sites is 1. The summed E-state index contributed by atoms with van der Waals surface area (Å²) in [6.07, 6.45) is 0. The molecule has 9 heteroatoms. The van der Waals surface area contributed by atoms with Crippen LogP contribution in [0.2, 0.25) is 0 Å². The van der Waals surface area contributed by atoms with E-state index in [0.29, 0.717) is 11.0 Å². The number of carbonyl (C=O) groups excluding carboxylic acids is 2. The van der Waals surface area contributed by atoms with Crippen molar-refractivity contribution < 1.29 is 22.4 Å². The van der Waals surface area contributed by atoms with Crippen molar-refractivity contribution in [2.75, 3.05) is 19.4 Å². The van der Waals surface area contributed by atoms with Crippen molar-refractivity contribution in [2.24, 2.45) is 5.73 Å². The van der Waals surface area contributed by atoms with E-state index in [-0.39, 0.29) is 21.9 Å². The highest BCUT2D eigenvalue weighted by Crippen LogP contribution is 2.31. The lowest BCUT2D eigenvalue weighted by Gasteiger charge is -2.11. The number of hydrogen-bond donors (Lipinski definition) is 2. The number of hydrogen-bond acceptors (Lipinski definition) is 5. The van der Waals surface area contributed by atoms with Gasteiger partial charge in [-0.05, 0) is 36.4 Å². The fraction of sp³-hybridized carbons (Fsp3) is 0.111. The second-order valence-corrected chi connectivity index (χ2v) is 8.08. The topological polar surface area (TPSA) is 123 Å². The molecule has 0 unspecified atom stereocenters. The van der Waals surface area contributed by atoms with E-state index in [1.807, 2.05) is 0 Å². The minimum absolute atomic E-state index is 0.0654. The predicted octanol–water partition coefficient (Wildman–Crippen LogP) is 2.03. The first kappa shape index (κ1) is 18.6. The first-order valence-corrected chi connectivity index (χ1v) is 9.31. The number of nitrogens with zero attached hydrogens (tertiary/aromatic N) is 1. The number of fused-ring (bicyclic) bond motifs is 1. The zero-order chi connectivity index (χ0) is 19.8. The second kappa shape index (κ2) is 6.86. The zero-order valence-corrected chi connectivity index (χ0v) is 15.4. The normalized spacial score (nSPS) is 11.7. The molecule has 1 aromatic heterocycles. The van der Waals surface area contributed by atoms with E-state index in [9.17, 15) is 18.0 Å². The summed E-state index contributed by atoms with van der Waals surface area (Å²) >= 11 is 0. The van der Waals surface area contributed by atoms with Crippen LogP contribution < -0.4 is 11.1 Å². The summed E-state index contributed by atoms with van der Waals surface area (Å²) in [7, 11) is -0.747. The van der Waals surface area contributed by atoms with Crippen LogP contribution in [0.3, 0.4) is 0 Å². The maximum absolute atomic E-state index is 12.6. The molecular weight excluding hydrogens is 370 g/mol. The van der Waals surface area contributed by atoms with Gasteiger partial charge in [0.2, 0.25) is 15.8 Å². The fourth-order valence-electron chi connectivity index (χ4n) is 2.52. The fourth-order valence-corrected chi connectivity index (χ4v) is 3.42. The maximum atomic E-state index is 12.6. The Balaban J connectivity index is 1.94. The molecule has 3 rings (SSSR count). The Bertz CT molecular complexity index is 1130. The smallest absolute Gasteiger partial charge is 0.286 e. The van der Waals surface area contributed by atoms with E-state index in [1.165, 1.54) is 38.4 Å². The Hall–Kier alpha value is -3.17. The van der Waals surface area contributed by atoms with Gasteiger partial charge in [0, 0.05) is 25.0 Å². The molecule has 0 saturated heterocycles. The van der Waals surface area contributed by atoms with E-state index < -0.39 is 21.8 Å². The van der Waals surface area contributed by atoms with Crippen LogP contribution in [-0.2, 0) is 10.0 Å². The number of primary amides is 1. The number of benzene rings is 2.